The molecule has 14 heavy (non-hydrogen) atoms. The molecular weight excluding hydrogens is 180 g/mol. The number of aromatic nitrogens is 2. The SMILES string of the molecule is CNc1ccc2nc(NC=O)[nH]c2c1. The highest BCUT2D eigenvalue weighted by atomic mass is 16.1. The Morgan fingerprint density at radius 3 is 3.07 bits per heavy atom. The minimum absolute atomic E-state index is 0.461. The van der Waals surface area contributed by atoms with Gasteiger partial charge in [0.25, 0.3) is 0 Å². The summed E-state index contributed by atoms with van der Waals surface area (Å²) in [7, 11) is 1.85. The number of carbonyl (C=O) groups is 1. The number of nitrogens with zero attached hydrogens (tertiary/aromatic N) is 1. The first-order chi connectivity index (χ1) is 6.83. The van der Waals surface area contributed by atoms with Gasteiger partial charge in [-0.05, 0) is 18.2 Å². The lowest BCUT2D eigenvalue weighted by Crippen LogP contribution is -1.94. The Labute approximate surface area is 80.5 Å². The maximum absolute atomic E-state index is 10.2. The van der Waals surface area contributed by atoms with E-state index in [1.807, 2.05) is 25.2 Å². The van der Waals surface area contributed by atoms with Gasteiger partial charge in [-0.1, -0.05) is 0 Å². The summed E-state index contributed by atoms with van der Waals surface area (Å²) >= 11 is 0. The molecule has 2 aromatic rings. The van der Waals surface area contributed by atoms with Crippen LogP contribution in [0.15, 0.2) is 18.2 Å². The Morgan fingerprint density at radius 1 is 1.50 bits per heavy atom. The molecule has 3 N–H and O–H groups in total. The number of carbonyl (C=O) groups excluding carboxylic acids is 1. The largest absolute Gasteiger partial charge is 0.388 e. The first-order valence-electron chi connectivity index (χ1n) is 4.21. The molecule has 5 nitrogen and oxygen atoms in total. The van der Waals surface area contributed by atoms with Crippen molar-refractivity contribution in [2.45, 2.75) is 0 Å². The van der Waals surface area contributed by atoms with Crippen molar-refractivity contribution in [3.63, 3.8) is 0 Å². The summed E-state index contributed by atoms with van der Waals surface area (Å²) in [4.78, 5) is 17.3. The summed E-state index contributed by atoms with van der Waals surface area (Å²) in [5, 5.41) is 5.49. The van der Waals surface area contributed by atoms with Gasteiger partial charge in [-0.2, -0.15) is 0 Å². The van der Waals surface area contributed by atoms with Crippen LogP contribution in [0.5, 0.6) is 0 Å². The van der Waals surface area contributed by atoms with Gasteiger partial charge in [-0.3, -0.25) is 10.1 Å². The molecule has 1 heterocycles. The van der Waals surface area contributed by atoms with E-state index in [-0.39, 0.29) is 0 Å². The molecular formula is C9H10N4O. The zero-order valence-electron chi connectivity index (χ0n) is 7.66. The molecule has 0 atom stereocenters. The normalized spacial score (nSPS) is 10.1. The molecule has 0 saturated heterocycles. The van der Waals surface area contributed by atoms with Gasteiger partial charge in [0.15, 0.2) is 0 Å². The van der Waals surface area contributed by atoms with Gasteiger partial charge in [-0.15, -0.1) is 0 Å². The van der Waals surface area contributed by atoms with Crippen molar-refractivity contribution in [1.82, 2.24) is 9.97 Å². The van der Waals surface area contributed by atoms with Crippen molar-refractivity contribution in [3.05, 3.63) is 18.2 Å². The molecule has 0 fully saturated rings. The van der Waals surface area contributed by atoms with Crippen LogP contribution in [0.25, 0.3) is 11.0 Å². The van der Waals surface area contributed by atoms with Crippen molar-refractivity contribution in [2.24, 2.45) is 0 Å². The molecule has 0 saturated carbocycles. The molecule has 0 radical (unpaired) electrons. The second kappa shape index (κ2) is 3.37. The van der Waals surface area contributed by atoms with Gasteiger partial charge < -0.3 is 10.3 Å². The summed E-state index contributed by atoms with van der Waals surface area (Å²) in [6, 6.07) is 5.74. The zero-order valence-corrected chi connectivity index (χ0v) is 7.66. The predicted octanol–water partition coefficient (Wildman–Crippen LogP) is 1.17. The van der Waals surface area contributed by atoms with Crippen molar-refractivity contribution in [2.75, 3.05) is 17.7 Å². The van der Waals surface area contributed by atoms with E-state index < -0.39 is 0 Å². The van der Waals surface area contributed by atoms with E-state index in [1.165, 1.54) is 0 Å². The van der Waals surface area contributed by atoms with Gasteiger partial charge in [0.1, 0.15) is 0 Å². The lowest BCUT2D eigenvalue weighted by atomic mass is 10.3. The third-order valence-electron chi connectivity index (χ3n) is 1.97. The number of hydrogen-bond donors (Lipinski definition) is 3. The molecule has 1 amide bonds. The van der Waals surface area contributed by atoms with Crippen molar-refractivity contribution in [1.29, 1.82) is 0 Å². The van der Waals surface area contributed by atoms with Crippen LogP contribution in [0.2, 0.25) is 0 Å². The van der Waals surface area contributed by atoms with Crippen LogP contribution in [0.1, 0.15) is 0 Å². The van der Waals surface area contributed by atoms with Crippen molar-refractivity contribution in [3.8, 4) is 0 Å². The Kier molecular flexibility index (Phi) is 2.06. The molecule has 0 spiro atoms. The Balaban J connectivity index is 2.48. The van der Waals surface area contributed by atoms with Gasteiger partial charge in [0.05, 0.1) is 11.0 Å². The van der Waals surface area contributed by atoms with E-state index in [2.05, 4.69) is 20.6 Å². The van der Waals surface area contributed by atoms with Crippen LogP contribution < -0.4 is 10.6 Å². The maximum Gasteiger partial charge on any atom is 0.213 e. The lowest BCUT2D eigenvalue weighted by molar-refractivity contribution is -0.105. The fraction of sp³-hybridized carbons (Fsp3) is 0.111. The minimum atomic E-state index is 0.461. The molecule has 72 valence electrons. The lowest BCUT2D eigenvalue weighted by Gasteiger charge is -1.96. The summed E-state index contributed by atoms with van der Waals surface area (Å²) in [6.45, 7) is 0. The second-order valence-corrected chi connectivity index (χ2v) is 2.83. The third-order valence-corrected chi connectivity index (χ3v) is 1.97. The number of anilines is 2. The highest BCUT2D eigenvalue weighted by Crippen LogP contribution is 2.18. The molecule has 5 heteroatoms. The number of imidazole rings is 1. The fourth-order valence-electron chi connectivity index (χ4n) is 1.29. The number of hydrogen-bond acceptors (Lipinski definition) is 3. The Hall–Kier alpha value is -2.04. The summed E-state index contributed by atoms with van der Waals surface area (Å²) in [6.07, 6.45) is 0.594. The van der Waals surface area contributed by atoms with E-state index in [0.717, 1.165) is 16.7 Å². The van der Waals surface area contributed by atoms with Gasteiger partial charge in [-0.25, -0.2) is 4.98 Å². The van der Waals surface area contributed by atoms with Crippen molar-refractivity contribution < 1.29 is 4.79 Å². The number of nitrogens with one attached hydrogen (secondary N) is 3. The summed E-state index contributed by atoms with van der Waals surface area (Å²) in [5.74, 6) is 0.461. The minimum Gasteiger partial charge on any atom is -0.388 e. The first-order valence-corrected chi connectivity index (χ1v) is 4.21. The molecule has 1 aromatic heterocycles. The van der Waals surface area contributed by atoms with Crippen LogP contribution in [-0.4, -0.2) is 23.4 Å². The second-order valence-electron chi connectivity index (χ2n) is 2.83. The number of aromatic amines is 1. The number of fused-ring (bicyclic) bond motifs is 1. The van der Waals surface area contributed by atoms with Crippen LogP contribution in [-0.2, 0) is 4.79 Å². The Morgan fingerprint density at radius 2 is 2.36 bits per heavy atom. The standard InChI is InChI=1S/C9H10N4O/c1-10-6-2-3-7-8(4-6)13-9(12-7)11-5-14/h2-5,10H,1H3,(H2,11,12,13,14). The molecule has 0 bridgehead atoms. The van der Waals surface area contributed by atoms with E-state index >= 15 is 0 Å². The topological polar surface area (TPSA) is 69.8 Å². The monoisotopic (exact) mass is 190 g/mol. The van der Waals surface area contributed by atoms with E-state index in [1.54, 1.807) is 0 Å². The highest BCUT2D eigenvalue weighted by molar-refractivity contribution is 5.83. The van der Waals surface area contributed by atoms with E-state index in [9.17, 15) is 4.79 Å². The maximum atomic E-state index is 10.2. The molecule has 0 aliphatic rings. The Bertz CT molecular complexity index is 463. The van der Waals surface area contributed by atoms with Gasteiger partial charge in [0.2, 0.25) is 12.4 Å². The number of rotatable bonds is 3. The molecule has 2 rings (SSSR count). The quantitative estimate of drug-likeness (QED) is 0.636. The first kappa shape index (κ1) is 8.55. The zero-order chi connectivity index (χ0) is 9.97. The number of amides is 1. The summed E-state index contributed by atoms with van der Waals surface area (Å²) in [5.41, 5.74) is 2.72. The van der Waals surface area contributed by atoms with E-state index in [0.29, 0.717) is 12.4 Å². The molecule has 0 unspecified atom stereocenters. The predicted molar refractivity (Wildman–Crippen MR) is 55.3 cm³/mol. The van der Waals surface area contributed by atoms with Crippen LogP contribution >= 0.6 is 0 Å². The summed E-state index contributed by atoms with van der Waals surface area (Å²) < 4.78 is 0. The van der Waals surface area contributed by atoms with Crippen molar-refractivity contribution >= 4 is 29.1 Å². The van der Waals surface area contributed by atoms with Gasteiger partial charge in [0, 0.05) is 12.7 Å². The smallest absolute Gasteiger partial charge is 0.213 e. The average molecular weight is 190 g/mol. The van der Waals surface area contributed by atoms with Crippen LogP contribution in [0.4, 0.5) is 11.6 Å². The fourth-order valence-corrected chi connectivity index (χ4v) is 1.29. The van der Waals surface area contributed by atoms with Crippen LogP contribution in [0.3, 0.4) is 0 Å². The van der Waals surface area contributed by atoms with Gasteiger partial charge >= 0.3 is 0 Å². The van der Waals surface area contributed by atoms with E-state index in [4.69, 9.17) is 0 Å². The molecule has 0 aliphatic heterocycles. The number of H-pyrrole nitrogens is 1. The third kappa shape index (κ3) is 1.39. The number of benzene rings is 1. The average Bonchev–Trinajstić information content (AvgIpc) is 2.59. The molecule has 1 aromatic carbocycles. The highest BCUT2D eigenvalue weighted by Gasteiger charge is 2.01. The van der Waals surface area contributed by atoms with Crippen LogP contribution in [0, 0.1) is 0 Å². The molecule has 0 aliphatic carbocycles.